The standard InChI is InChI=1S/C20H17N3OS/c24-20-15-9-4-5-10-16(15)22-18(23-20)13-21-19(17-11-6-12-25-17)14-7-2-1-3-8-14/h1-12,19,21H,13H2,(H,22,23,24)/t19-/m0/s1. The number of nitrogens with one attached hydrogen (secondary N) is 2. The molecule has 0 fully saturated rings. The summed E-state index contributed by atoms with van der Waals surface area (Å²) in [6.45, 7) is 0.484. The first-order valence-corrected chi connectivity index (χ1v) is 8.99. The number of rotatable bonds is 5. The molecule has 2 aromatic heterocycles. The Morgan fingerprint density at radius 1 is 1.00 bits per heavy atom. The number of H-pyrrole nitrogens is 1. The maximum Gasteiger partial charge on any atom is 0.258 e. The van der Waals surface area contributed by atoms with Crippen LogP contribution in [-0.2, 0) is 6.54 Å². The second kappa shape index (κ2) is 7.01. The Morgan fingerprint density at radius 3 is 2.60 bits per heavy atom. The molecule has 2 heterocycles. The molecule has 4 rings (SSSR count). The minimum atomic E-state index is -0.102. The van der Waals surface area contributed by atoms with Crippen molar-refractivity contribution < 1.29 is 0 Å². The van der Waals surface area contributed by atoms with Crippen LogP contribution in [0, 0.1) is 0 Å². The van der Waals surface area contributed by atoms with E-state index in [1.54, 1.807) is 17.4 Å². The Bertz CT molecular complexity index is 1030. The lowest BCUT2D eigenvalue weighted by Gasteiger charge is -2.18. The SMILES string of the molecule is O=c1[nH]c(CN[C@@H](c2ccccc2)c2cccs2)nc2ccccc12. The minimum absolute atomic E-state index is 0.0676. The quantitative estimate of drug-likeness (QED) is 0.576. The molecular formula is C20H17N3OS. The van der Waals surface area contributed by atoms with Crippen molar-refractivity contribution in [1.82, 2.24) is 15.3 Å². The van der Waals surface area contributed by atoms with Gasteiger partial charge in [-0.2, -0.15) is 0 Å². The van der Waals surface area contributed by atoms with Crippen LogP contribution in [0.2, 0.25) is 0 Å². The summed E-state index contributed by atoms with van der Waals surface area (Å²) in [6, 6.07) is 21.9. The summed E-state index contributed by atoms with van der Waals surface area (Å²) >= 11 is 1.71. The van der Waals surface area contributed by atoms with Crippen LogP contribution in [0.1, 0.15) is 22.3 Å². The number of aromatic amines is 1. The number of hydrogen-bond donors (Lipinski definition) is 2. The van der Waals surface area contributed by atoms with E-state index in [-0.39, 0.29) is 11.6 Å². The Balaban J connectivity index is 1.63. The zero-order chi connectivity index (χ0) is 17.1. The third kappa shape index (κ3) is 3.38. The van der Waals surface area contributed by atoms with Gasteiger partial charge in [-0.05, 0) is 29.1 Å². The van der Waals surface area contributed by atoms with Crippen molar-refractivity contribution in [2.24, 2.45) is 0 Å². The number of hydrogen-bond acceptors (Lipinski definition) is 4. The summed E-state index contributed by atoms with van der Waals surface area (Å²) in [6.07, 6.45) is 0. The van der Waals surface area contributed by atoms with Gasteiger partial charge in [0.2, 0.25) is 0 Å². The van der Waals surface area contributed by atoms with Gasteiger partial charge in [0.1, 0.15) is 5.82 Å². The molecule has 1 atom stereocenters. The van der Waals surface area contributed by atoms with E-state index in [4.69, 9.17) is 0 Å². The number of fused-ring (bicyclic) bond motifs is 1. The summed E-state index contributed by atoms with van der Waals surface area (Å²) in [7, 11) is 0. The fraction of sp³-hybridized carbons (Fsp3) is 0.100. The molecule has 0 unspecified atom stereocenters. The molecule has 4 aromatic rings. The van der Waals surface area contributed by atoms with Gasteiger partial charge >= 0.3 is 0 Å². The fourth-order valence-electron chi connectivity index (χ4n) is 2.90. The van der Waals surface area contributed by atoms with Crippen LogP contribution in [-0.4, -0.2) is 9.97 Å². The molecule has 4 nitrogen and oxygen atoms in total. The molecule has 0 bridgehead atoms. The highest BCUT2D eigenvalue weighted by Crippen LogP contribution is 2.26. The zero-order valence-electron chi connectivity index (χ0n) is 13.5. The van der Waals surface area contributed by atoms with E-state index in [0.29, 0.717) is 17.8 Å². The second-order valence-electron chi connectivity index (χ2n) is 5.77. The summed E-state index contributed by atoms with van der Waals surface area (Å²) < 4.78 is 0. The van der Waals surface area contributed by atoms with Gasteiger partial charge in [-0.25, -0.2) is 4.98 Å². The smallest absolute Gasteiger partial charge is 0.258 e. The van der Waals surface area contributed by atoms with E-state index < -0.39 is 0 Å². The highest BCUT2D eigenvalue weighted by atomic mass is 32.1. The largest absolute Gasteiger partial charge is 0.309 e. The molecule has 2 aromatic carbocycles. The van der Waals surface area contributed by atoms with Gasteiger partial charge in [0.05, 0.1) is 23.5 Å². The Kier molecular flexibility index (Phi) is 4.41. The van der Waals surface area contributed by atoms with Crippen LogP contribution in [0.15, 0.2) is 76.9 Å². The molecule has 0 saturated carbocycles. The summed E-state index contributed by atoms with van der Waals surface area (Å²) in [5, 5.41) is 6.21. The molecule has 0 radical (unpaired) electrons. The van der Waals surface area contributed by atoms with Crippen molar-refractivity contribution in [3.8, 4) is 0 Å². The summed E-state index contributed by atoms with van der Waals surface area (Å²) in [5.41, 5.74) is 1.80. The highest BCUT2D eigenvalue weighted by molar-refractivity contribution is 7.10. The van der Waals surface area contributed by atoms with Crippen LogP contribution in [0.4, 0.5) is 0 Å². The zero-order valence-corrected chi connectivity index (χ0v) is 14.3. The maximum atomic E-state index is 12.2. The van der Waals surface area contributed by atoms with Gasteiger partial charge in [-0.15, -0.1) is 11.3 Å². The first-order valence-electron chi connectivity index (χ1n) is 8.11. The summed E-state index contributed by atoms with van der Waals surface area (Å²) in [4.78, 5) is 20.9. The third-order valence-electron chi connectivity index (χ3n) is 4.10. The predicted octanol–water partition coefficient (Wildman–Crippen LogP) is 3.86. The normalized spacial score (nSPS) is 12.3. The molecule has 0 spiro atoms. The number of thiophene rings is 1. The second-order valence-corrected chi connectivity index (χ2v) is 6.75. The van der Waals surface area contributed by atoms with Gasteiger partial charge in [-0.3, -0.25) is 10.1 Å². The van der Waals surface area contributed by atoms with E-state index in [2.05, 4.69) is 38.9 Å². The van der Waals surface area contributed by atoms with Gasteiger partial charge in [-0.1, -0.05) is 48.5 Å². The maximum absolute atomic E-state index is 12.2. The fourth-order valence-corrected chi connectivity index (χ4v) is 3.73. The van der Waals surface area contributed by atoms with Crippen molar-refractivity contribution >= 4 is 22.2 Å². The molecule has 0 amide bonds. The van der Waals surface area contributed by atoms with Crippen LogP contribution < -0.4 is 10.9 Å². The van der Waals surface area contributed by atoms with E-state index in [9.17, 15) is 4.79 Å². The molecule has 0 aliphatic heterocycles. The van der Waals surface area contributed by atoms with Gasteiger partial charge in [0.25, 0.3) is 5.56 Å². The summed E-state index contributed by atoms with van der Waals surface area (Å²) in [5.74, 6) is 0.640. The van der Waals surface area contributed by atoms with Gasteiger partial charge in [0.15, 0.2) is 0 Å². The van der Waals surface area contributed by atoms with Crippen LogP contribution >= 0.6 is 11.3 Å². The predicted molar refractivity (Wildman–Crippen MR) is 102 cm³/mol. The average molecular weight is 347 g/mol. The molecule has 0 saturated heterocycles. The molecule has 0 aliphatic rings. The Labute approximate surface area is 149 Å². The lowest BCUT2D eigenvalue weighted by molar-refractivity contribution is 0.594. The van der Waals surface area contributed by atoms with Crippen molar-refractivity contribution in [2.45, 2.75) is 12.6 Å². The topological polar surface area (TPSA) is 57.8 Å². The number of nitrogens with zero attached hydrogens (tertiary/aromatic N) is 1. The van der Waals surface area contributed by atoms with Crippen molar-refractivity contribution in [3.05, 3.63) is 98.7 Å². The number of aromatic nitrogens is 2. The monoisotopic (exact) mass is 347 g/mol. The minimum Gasteiger partial charge on any atom is -0.309 e. The first kappa shape index (κ1) is 15.7. The third-order valence-corrected chi connectivity index (χ3v) is 5.03. The molecule has 2 N–H and O–H groups in total. The van der Waals surface area contributed by atoms with Crippen LogP contribution in [0.5, 0.6) is 0 Å². The van der Waals surface area contributed by atoms with Crippen molar-refractivity contribution in [2.75, 3.05) is 0 Å². The number of benzene rings is 2. The molecule has 25 heavy (non-hydrogen) atoms. The van der Waals surface area contributed by atoms with Crippen molar-refractivity contribution in [3.63, 3.8) is 0 Å². The number of para-hydroxylation sites is 1. The first-order chi connectivity index (χ1) is 12.3. The molecular weight excluding hydrogens is 330 g/mol. The van der Waals surface area contributed by atoms with Crippen LogP contribution in [0.3, 0.4) is 0 Å². The molecule has 5 heteroatoms. The highest BCUT2D eigenvalue weighted by Gasteiger charge is 2.15. The van der Waals surface area contributed by atoms with Gasteiger partial charge < -0.3 is 4.98 Å². The average Bonchev–Trinajstić information content (AvgIpc) is 3.17. The van der Waals surface area contributed by atoms with Gasteiger partial charge in [0, 0.05) is 4.88 Å². The van der Waals surface area contributed by atoms with E-state index in [1.807, 2.05) is 42.5 Å². The molecule has 124 valence electrons. The van der Waals surface area contributed by atoms with E-state index in [0.717, 1.165) is 5.52 Å². The Hall–Kier alpha value is -2.76. The lowest BCUT2D eigenvalue weighted by Crippen LogP contribution is -2.24. The van der Waals surface area contributed by atoms with Crippen molar-refractivity contribution in [1.29, 1.82) is 0 Å². The Morgan fingerprint density at radius 2 is 1.80 bits per heavy atom. The lowest BCUT2D eigenvalue weighted by atomic mass is 10.1. The van der Waals surface area contributed by atoms with Crippen LogP contribution in [0.25, 0.3) is 10.9 Å². The van der Waals surface area contributed by atoms with E-state index in [1.165, 1.54) is 10.4 Å². The molecule has 0 aliphatic carbocycles. The van der Waals surface area contributed by atoms with E-state index >= 15 is 0 Å².